The van der Waals surface area contributed by atoms with Crippen LogP contribution in [0.3, 0.4) is 0 Å². The second kappa shape index (κ2) is 8.56. The van der Waals surface area contributed by atoms with Crippen LogP contribution in [0.5, 0.6) is 0 Å². The van der Waals surface area contributed by atoms with Gasteiger partial charge in [0, 0.05) is 43.2 Å². The molecule has 1 saturated heterocycles. The van der Waals surface area contributed by atoms with Crippen molar-refractivity contribution in [1.82, 2.24) is 9.80 Å². The van der Waals surface area contributed by atoms with Crippen molar-refractivity contribution in [3.05, 3.63) is 0 Å². The fourth-order valence-corrected chi connectivity index (χ4v) is 3.34. The molecular weight excluding hydrogens is 371 g/mol. The van der Waals surface area contributed by atoms with Gasteiger partial charge in [-0.2, -0.15) is 11.8 Å². The van der Waals surface area contributed by atoms with E-state index in [1.165, 1.54) is 24.3 Å². The molecule has 1 aliphatic heterocycles. The topological polar surface area (TPSA) is 44.9 Å². The first-order chi connectivity index (χ1) is 8.68. The van der Waals surface area contributed by atoms with Crippen molar-refractivity contribution in [3.8, 4) is 0 Å². The highest BCUT2D eigenvalue weighted by molar-refractivity contribution is 14.0. The molecule has 0 aromatic heterocycles. The van der Waals surface area contributed by atoms with E-state index >= 15 is 0 Å². The number of nitrogens with two attached hydrogens (primary N) is 1. The van der Waals surface area contributed by atoms with Crippen LogP contribution in [-0.4, -0.2) is 65.5 Å². The van der Waals surface area contributed by atoms with Crippen LogP contribution in [-0.2, 0) is 0 Å². The van der Waals surface area contributed by atoms with E-state index < -0.39 is 0 Å². The largest absolute Gasteiger partial charge is 0.370 e. The average Bonchev–Trinajstić information content (AvgIpc) is 3.19. The fourth-order valence-electron chi connectivity index (χ4n) is 2.44. The molecule has 2 rings (SSSR count). The molecular formula is C13H27IN4S. The van der Waals surface area contributed by atoms with Crippen LogP contribution >= 0.6 is 35.7 Å². The SMILES string of the molecule is CC(C)N(CCN=C(N)N1CCSCC1)C1CC1.I. The first-order valence-electron chi connectivity index (χ1n) is 7.07. The molecule has 1 heterocycles. The Bertz CT molecular complexity index is 286. The number of rotatable bonds is 5. The molecule has 0 atom stereocenters. The van der Waals surface area contributed by atoms with Crippen LogP contribution < -0.4 is 5.73 Å². The summed E-state index contributed by atoms with van der Waals surface area (Å²) in [5.74, 6) is 3.10. The number of nitrogens with zero attached hydrogens (tertiary/aromatic N) is 3. The van der Waals surface area contributed by atoms with Gasteiger partial charge in [0.15, 0.2) is 5.96 Å². The van der Waals surface area contributed by atoms with Gasteiger partial charge in [-0.05, 0) is 26.7 Å². The second-order valence-electron chi connectivity index (χ2n) is 5.40. The minimum atomic E-state index is 0. The summed E-state index contributed by atoms with van der Waals surface area (Å²) in [5, 5.41) is 0. The Morgan fingerprint density at radius 1 is 1.37 bits per heavy atom. The molecule has 0 bridgehead atoms. The highest BCUT2D eigenvalue weighted by Crippen LogP contribution is 2.28. The maximum absolute atomic E-state index is 6.05. The Balaban J connectivity index is 0.00000180. The van der Waals surface area contributed by atoms with Gasteiger partial charge >= 0.3 is 0 Å². The Hall–Kier alpha value is 0.310. The molecule has 1 saturated carbocycles. The molecule has 2 N–H and O–H groups in total. The number of thioether (sulfide) groups is 1. The van der Waals surface area contributed by atoms with Crippen molar-refractivity contribution >= 4 is 41.7 Å². The van der Waals surface area contributed by atoms with E-state index in [9.17, 15) is 0 Å². The molecule has 19 heavy (non-hydrogen) atoms. The van der Waals surface area contributed by atoms with Crippen LogP contribution in [0.2, 0.25) is 0 Å². The highest BCUT2D eigenvalue weighted by Gasteiger charge is 2.30. The zero-order valence-corrected chi connectivity index (χ0v) is 15.2. The smallest absolute Gasteiger partial charge is 0.191 e. The van der Waals surface area contributed by atoms with Crippen LogP contribution in [0.25, 0.3) is 0 Å². The zero-order chi connectivity index (χ0) is 13.0. The second-order valence-corrected chi connectivity index (χ2v) is 6.63. The lowest BCUT2D eigenvalue weighted by Crippen LogP contribution is -2.43. The van der Waals surface area contributed by atoms with Crippen molar-refractivity contribution in [3.63, 3.8) is 0 Å². The zero-order valence-electron chi connectivity index (χ0n) is 12.0. The van der Waals surface area contributed by atoms with E-state index in [1.54, 1.807) is 0 Å². The molecule has 0 aromatic carbocycles. The van der Waals surface area contributed by atoms with Crippen molar-refractivity contribution < 1.29 is 0 Å². The first kappa shape index (κ1) is 17.4. The van der Waals surface area contributed by atoms with Crippen molar-refractivity contribution in [2.45, 2.75) is 38.8 Å². The summed E-state index contributed by atoms with van der Waals surface area (Å²) in [5.41, 5.74) is 6.05. The molecule has 112 valence electrons. The van der Waals surface area contributed by atoms with E-state index in [1.807, 2.05) is 11.8 Å². The normalized spacial score (nSPS) is 20.8. The van der Waals surface area contributed by atoms with Crippen molar-refractivity contribution in [2.75, 3.05) is 37.7 Å². The minimum Gasteiger partial charge on any atom is -0.370 e. The van der Waals surface area contributed by atoms with E-state index in [2.05, 4.69) is 28.6 Å². The molecule has 2 fully saturated rings. The van der Waals surface area contributed by atoms with Crippen LogP contribution in [0.4, 0.5) is 0 Å². The Morgan fingerprint density at radius 2 is 2.00 bits per heavy atom. The summed E-state index contributed by atoms with van der Waals surface area (Å²) < 4.78 is 0. The Labute approximate surface area is 138 Å². The van der Waals surface area contributed by atoms with Crippen LogP contribution in [0.15, 0.2) is 4.99 Å². The number of hydrogen-bond acceptors (Lipinski definition) is 3. The van der Waals surface area contributed by atoms with E-state index in [4.69, 9.17) is 5.73 Å². The third-order valence-electron chi connectivity index (χ3n) is 3.65. The molecule has 0 radical (unpaired) electrons. The summed E-state index contributed by atoms with van der Waals surface area (Å²) in [6.07, 6.45) is 2.72. The Morgan fingerprint density at radius 3 is 2.53 bits per heavy atom. The molecule has 0 aromatic rings. The summed E-state index contributed by atoms with van der Waals surface area (Å²) >= 11 is 2.00. The monoisotopic (exact) mass is 398 g/mol. The third-order valence-corrected chi connectivity index (χ3v) is 4.59. The average molecular weight is 398 g/mol. The first-order valence-corrected chi connectivity index (χ1v) is 8.22. The maximum Gasteiger partial charge on any atom is 0.191 e. The fraction of sp³-hybridized carbons (Fsp3) is 0.923. The molecule has 0 unspecified atom stereocenters. The predicted molar refractivity (Wildman–Crippen MR) is 95.7 cm³/mol. The number of guanidine groups is 1. The molecule has 1 aliphatic carbocycles. The minimum absolute atomic E-state index is 0. The van der Waals surface area contributed by atoms with Gasteiger partial charge in [0.25, 0.3) is 0 Å². The third kappa shape index (κ3) is 5.67. The molecule has 0 amide bonds. The van der Waals surface area contributed by atoms with Gasteiger partial charge in [-0.1, -0.05) is 0 Å². The number of halogens is 1. The van der Waals surface area contributed by atoms with E-state index in [0.717, 1.165) is 38.2 Å². The summed E-state index contributed by atoms with van der Waals surface area (Å²) in [7, 11) is 0. The summed E-state index contributed by atoms with van der Waals surface area (Å²) in [6, 6.07) is 1.44. The summed E-state index contributed by atoms with van der Waals surface area (Å²) in [4.78, 5) is 9.32. The summed E-state index contributed by atoms with van der Waals surface area (Å²) in [6.45, 7) is 8.53. The molecule has 2 aliphatic rings. The lowest BCUT2D eigenvalue weighted by atomic mass is 10.3. The lowest BCUT2D eigenvalue weighted by molar-refractivity contribution is 0.217. The van der Waals surface area contributed by atoms with Gasteiger partial charge in [0.2, 0.25) is 0 Å². The van der Waals surface area contributed by atoms with Crippen molar-refractivity contribution in [1.29, 1.82) is 0 Å². The number of hydrogen-bond donors (Lipinski definition) is 1. The standard InChI is InChI=1S/C13H26N4S.HI/c1-11(2)17(12-3-4-12)6-5-15-13(14)16-7-9-18-10-8-16;/h11-12H,3-10H2,1-2H3,(H2,14,15);1H. The van der Waals surface area contributed by atoms with Gasteiger partial charge in [-0.25, -0.2) is 0 Å². The van der Waals surface area contributed by atoms with E-state index in [-0.39, 0.29) is 24.0 Å². The van der Waals surface area contributed by atoms with E-state index in [0.29, 0.717) is 6.04 Å². The van der Waals surface area contributed by atoms with Crippen molar-refractivity contribution in [2.24, 2.45) is 10.7 Å². The van der Waals surface area contributed by atoms with Crippen LogP contribution in [0, 0.1) is 0 Å². The molecule has 4 nitrogen and oxygen atoms in total. The maximum atomic E-state index is 6.05. The lowest BCUT2D eigenvalue weighted by Gasteiger charge is -2.28. The quantitative estimate of drug-likeness (QED) is 0.436. The van der Waals surface area contributed by atoms with Gasteiger partial charge in [-0.3, -0.25) is 9.89 Å². The molecule has 6 heteroatoms. The molecule has 0 spiro atoms. The van der Waals surface area contributed by atoms with Crippen LogP contribution in [0.1, 0.15) is 26.7 Å². The Kier molecular flexibility index (Phi) is 7.83. The van der Waals surface area contributed by atoms with Gasteiger partial charge in [0.1, 0.15) is 0 Å². The predicted octanol–water partition coefficient (Wildman–Crippen LogP) is 1.84. The van der Waals surface area contributed by atoms with Gasteiger partial charge in [0.05, 0.1) is 6.54 Å². The van der Waals surface area contributed by atoms with Gasteiger partial charge in [-0.15, -0.1) is 24.0 Å². The number of aliphatic imine (C=N–C) groups is 1. The van der Waals surface area contributed by atoms with Gasteiger partial charge < -0.3 is 10.6 Å². The highest BCUT2D eigenvalue weighted by atomic mass is 127.